The number of hydrogen-bond acceptors (Lipinski definition) is 2. The van der Waals surface area contributed by atoms with E-state index in [9.17, 15) is 4.79 Å². The second-order valence-corrected chi connectivity index (χ2v) is 5.71. The van der Waals surface area contributed by atoms with Gasteiger partial charge in [0.1, 0.15) is 4.34 Å². The van der Waals surface area contributed by atoms with Gasteiger partial charge in [-0.05, 0) is 46.2 Å². The summed E-state index contributed by atoms with van der Waals surface area (Å²) in [6.07, 6.45) is 0. The Morgan fingerprint density at radius 1 is 1.33 bits per heavy atom. The van der Waals surface area contributed by atoms with Crippen LogP contribution in [0.3, 0.4) is 0 Å². The number of carbonyl (C=O) groups excluding carboxylic acids is 1. The number of thiophene rings is 1. The molecule has 4 heteroatoms. The zero-order chi connectivity index (χ0) is 10.8. The molecule has 2 rings (SSSR count). The van der Waals surface area contributed by atoms with E-state index < -0.39 is 0 Å². The van der Waals surface area contributed by atoms with Gasteiger partial charge >= 0.3 is 0 Å². The molecule has 2 aromatic rings. The lowest BCUT2D eigenvalue weighted by atomic mass is 10.1. The highest BCUT2D eigenvalue weighted by Crippen LogP contribution is 2.25. The maximum atomic E-state index is 12.0. The highest BCUT2D eigenvalue weighted by atomic mass is 127. The van der Waals surface area contributed by atoms with Crippen molar-refractivity contribution >= 4 is 51.3 Å². The predicted molar refractivity (Wildman–Crippen MR) is 71.9 cm³/mol. The molecule has 76 valence electrons. The highest BCUT2D eigenvalue weighted by molar-refractivity contribution is 14.1. The lowest BCUT2D eigenvalue weighted by Crippen LogP contribution is -2.00. The van der Waals surface area contributed by atoms with Crippen LogP contribution in [0.4, 0.5) is 0 Å². The molecule has 1 aromatic carbocycles. The Morgan fingerprint density at radius 2 is 2.13 bits per heavy atom. The number of carbonyl (C=O) groups is 1. The third kappa shape index (κ3) is 2.41. The van der Waals surface area contributed by atoms with Crippen molar-refractivity contribution < 1.29 is 4.79 Å². The summed E-state index contributed by atoms with van der Waals surface area (Å²) in [5.41, 5.74) is 1.27. The van der Waals surface area contributed by atoms with E-state index in [2.05, 4.69) is 22.6 Å². The smallest absolute Gasteiger partial charge is 0.195 e. The first kappa shape index (κ1) is 11.1. The largest absolute Gasteiger partial charge is 0.289 e. The van der Waals surface area contributed by atoms with Crippen LogP contribution in [-0.4, -0.2) is 5.78 Å². The van der Waals surface area contributed by atoms with Crippen molar-refractivity contribution in [3.05, 3.63) is 54.7 Å². The number of benzene rings is 1. The lowest BCUT2D eigenvalue weighted by molar-refractivity contribution is 0.103. The third-order valence-corrected chi connectivity index (χ3v) is 3.79. The summed E-state index contributed by atoms with van der Waals surface area (Å²) in [5, 5.41) is 1.82. The molecule has 15 heavy (non-hydrogen) atoms. The second-order valence-electron chi connectivity index (χ2n) is 2.95. The first-order chi connectivity index (χ1) is 7.18. The number of ketones is 1. The summed E-state index contributed by atoms with van der Waals surface area (Å²) in [5.74, 6) is -0.0141. The molecule has 0 aliphatic rings. The van der Waals surface area contributed by atoms with Crippen LogP contribution in [0.25, 0.3) is 0 Å². The normalized spacial score (nSPS) is 10.3. The second kappa shape index (κ2) is 4.63. The number of rotatable bonds is 2. The molecule has 0 atom stereocenters. The van der Waals surface area contributed by atoms with Gasteiger partial charge in [0.25, 0.3) is 0 Å². The van der Waals surface area contributed by atoms with Crippen molar-refractivity contribution in [1.82, 2.24) is 0 Å². The molecule has 0 unspecified atom stereocenters. The van der Waals surface area contributed by atoms with E-state index in [0.717, 1.165) is 3.57 Å². The summed E-state index contributed by atoms with van der Waals surface area (Å²) in [6, 6.07) is 9.24. The van der Waals surface area contributed by atoms with Crippen LogP contribution in [0.5, 0.6) is 0 Å². The van der Waals surface area contributed by atoms with Gasteiger partial charge in [0.2, 0.25) is 0 Å². The molecule has 1 aromatic heterocycles. The van der Waals surface area contributed by atoms with Gasteiger partial charge in [-0.1, -0.05) is 23.7 Å². The molecule has 0 fully saturated rings. The van der Waals surface area contributed by atoms with Gasteiger partial charge in [-0.15, -0.1) is 11.3 Å². The van der Waals surface area contributed by atoms with Crippen molar-refractivity contribution in [3.8, 4) is 0 Å². The van der Waals surface area contributed by atoms with Crippen LogP contribution in [0.1, 0.15) is 15.9 Å². The Kier molecular flexibility index (Phi) is 3.43. The third-order valence-electron chi connectivity index (χ3n) is 1.95. The molecular weight excluding hydrogens is 343 g/mol. The molecular formula is C11H6ClIOS. The number of hydrogen-bond donors (Lipinski definition) is 0. The standard InChI is InChI=1S/C11H6ClIOS/c12-11-9(4-5-15-11)10(14)7-2-1-3-8(13)6-7/h1-6H. The van der Waals surface area contributed by atoms with Crippen LogP contribution >= 0.6 is 45.5 Å². The average Bonchev–Trinajstić information content (AvgIpc) is 2.63. The summed E-state index contributed by atoms with van der Waals surface area (Å²) >= 11 is 9.48. The minimum Gasteiger partial charge on any atom is -0.289 e. The molecule has 0 amide bonds. The van der Waals surface area contributed by atoms with Crippen LogP contribution in [0, 0.1) is 3.57 Å². The van der Waals surface area contributed by atoms with E-state index in [4.69, 9.17) is 11.6 Å². The van der Waals surface area contributed by atoms with E-state index in [0.29, 0.717) is 15.5 Å². The van der Waals surface area contributed by atoms with Crippen LogP contribution < -0.4 is 0 Å². The van der Waals surface area contributed by atoms with Crippen LogP contribution in [0.15, 0.2) is 35.7 Å². The predicted octanol–water partition coefficient (Wildman–Crippen LogP) is 4.24. The summed E-state index contributed by atoms with van der Waals surface area (Å²) in [6.45, 7) is 0. The SMILES string of the molecule is O=C(c1cccc(I)c1)c1ccsc1Cl. The van der Waals surface area contributed by atoms with E-state index in [-0.39, 0.29) is 5.78 Å². The van der Waals surface area contributed by atoms with Crippen molar-refractivity contribution in [3.63, 3.8) is 0 Å². The molecule has 0 saturated heterocycles. The van der Waals surface area contributed by atoms with Crippen molar-refractivity contribution in [1.29, 1.82) is 0 Å². The van der Waals surface area contributed by atoms with Crippen molar-refractivity contribution in [2.24, 2.45) is 0 Å². The van der Waals surface area contributed by atoms with E-state index in [1.54, 1.807) is 12.1 Å². The zero-order valence-electron chi connectivity index (χ0n) is 7.54. The Morgan fingerprint density at radius 3 is 2.73 bits per heavy atom. The molecule has 0 aliphatic carbocycles. The van der Waals surface area contributed by atoms with Gasteiger partial charge in [0.05, 0.1) is 5.56 Å². The molecule has 0 N–H and O–H groups in total. The fraction of sp³-hybridized carbons (Fsp3) is 0. The molecule has 0 radical (unpaired) electrons. The van der Waals surface area contributed by atoms with Gasteiger partial charge in [0, 0.05) is 9.13 Å². The Hall–Kier alpha value is -0.390. The summed E-state index contributed by atoms with van der Waals surface area (Å²) in [4.78, 5) is 12.0. The molecule has 0 spiro atoms. The molecule has 1 nitrogen and oxygen atoms in total. The summed E-state index contributed by atoms with van der Waals surface area (Å²) in [7, 11) is 0. The molecule has 0 aliphatic heterocycles. The minimum atomic E-state index is -0.0141. The Bertz CT molecular complexity index is 507. The lowest BCUT2D eigenvalue weighted by Gasteiger charge is -1.99. The first-order valence-electron chi connectivity index (χ1n) is 4.22. The summed E-state index contributed by atoms with van der Waals surface area (Å²) < 4.78 is 1.60. The monoisotopic (exact) mass is 348 g/mol. The maximum absolute atomic E-state index is 12.0. The highest BCUT2D eigenvalue weighted by Gasteiger charge is 2.13. The number of halogens is 2. The zero-order valence-corrected chi connectivity index (χ0v) is 11.3. The molecule has 1 heterocycles. The van der Waals surface area contributed by atoms with Crippen LogP contribution in [-0.2, 0) is 0 Å². The Labute approximate surface area is 110 Å². The van der Waals surface area contributed by atoms with Crippen molar-refractivity contribution in [2.75, 3.05) is 0 Å². The van der Waals surface area contributed by atoms with E-state index in [1.165, 1.54) is 11.3 Å². The fourth-order valence-electron chi connectivity index (χ4n) is 1.24. The van der Waals surface area contributed by atoms with Crippen molar-refractivity contribution in [2.45, 2.75) is 0 Å². The quantitative estimate of drug-likeness (QED) is 0.586. The minimum absolute atomic E-state index is 0.0141. The van der Waals surface area contributed by atoms with Gasteiger partial charge in [0.15, 0.2) is 5.78 Å². The molecule has 0 saturated carbocycles. The Balaban J connectivity index is 2.41. The van der Waals surface area contributed by atoms with Crippen LogP contribution in [0.2, 0.25) is 4.34 Å². The topological polar surface area (TPSA) is 17.1 Å². The van der Waals surface area contributed by atoms with Gasteiger partial charge in [-0.2, -0.15) is 0 Å². The first-order valence-corrected chi connectivity index (χ1v) is 6.55. The van der Waals surface area contributed by atoms with Gasteiger partial charge in [-0.25, -0.2) is 0 Å². The van der Waals surface area contributed by atoms with E-state index >= 15 is 0 Å². The van der Waals surface area contributed by atoms with E-state index in [1.807, 2.05) is 23.6 Å². The van der Waals surface area contributed by atoms with Gasteiger partial charge < -0.3 is 0 Å². The maximum Gasteiger partial charge on any atom is 0.195 e. The van der Waals surface area contributed by atoms with Gasteiger partial charge in [-0.3, -0.25) is 4.79 Å². The average molecular weight is 349 g/mol. The fourth-order valence-corrected chi connectivity index (χ4v) is 2.70. The molecule has 0 bridgehead atoms.